The Morgan fingerprint density at radius 1 is 1.00 bits per heavy atom. The van der Waals surface area contributed by atoms with E-state index in [1.807, 2.05) is 13.0 Å². The first-order valence-electron chi connectivity index (χ1n) is 10.9. The molecule has 0 radical (unpaired) electrons. The molecule has 0 unspecified atom stereocenters. The van der Waals surface area contributed by atoms with Gasteiger partial charge in [-0.1, -0.05) is 42.0 Å². The van der Waals surface area contributed by atoms with Crippen LogP contribution in [0.2, 0.25) is 0 Å². The molecule has 172 valence electrons. The van der Waals surface area contributed by atoms with Gasteiger partial charge < -0.3 is 9.73 Å². The number of carbonyl (C=O) groups excluding carboxylic acids is 1. The number of rotatable bonds is 4. The third-order valence-corrected chi connectivity index (χ3v) is 7.74. The lowest BCUT2D eigenvalue weighted by molar-refractivity contribution is 0.102. The predicted molar refractivity (Wildman–Crippen MR) is 131 cm³/mol. The second kappa shape index (κ2) is 8.46. The van der Waals surface area contributed by atoms with Crippen molar-refractivity contribution >= 4 is 38.3 Å². The van der Waals surface area contributed by atoms with Gasteiger partial charge in [0.1, 0.15) is 11.1 Å². The van der Waals surface area contributed by atoms with Crippen molar-refractivity contribution < 1.29 is 17.6 Å². The smallest absolute Gasteiger partial charge is 0.349 e. The van der Waals surface area contributed by atoms with Crippen molar-refractivity contribution in [2.75, 3.05) is 16.2 Å². The number of nitrogens with one attached hydrogen (secondary N) is 1. The van der Waals surface area contributed by atoms with Crippen molar-refractivity contribution in [3.63, 3.8) is 0 Å². The van der Waals surface area contributed by atoms with Crippen molar-refractivity contribution in [1.82, 2.24) is 0 Å². The summed E-state index contributed by atoms with van der Waals surface area (Å²) < 4.78 is 33.4. The number of aryl methyl sites for hydroxylation is 2. The first kappa shape index (κ1) is 21.9. The van der Waals surface area contributed by atoms with Crippen LogP contribution in [0.4, 0.5) is 11.4 Å². The van der Waals surface area contributed by atoms with E-state index in [-0.39, 0.29) is 10.5 Å². The molecule has 34 heavy (non-hydrogen) atoms. The normalized spacial score (nSPS) is 13.5. The number of fused-ring (bicyclic) bond motifs is 2. The number of para-hydroxylation sites is 1. The SMILES string of the molecule is Cc1ccc(S(=O)(=O)N2CCCc3ccc(NC(=O)c4cc5ccccc5oc4=O)cc32)cc1. The minimum atomic E-state index is -3.76. The molecule has 1 amide bonds. The number of nitrogens with zero attached hydrogens (tertiary/aromatic N) is 1. The molecule has 8 heteroatoms. The van der Waals surface area contributed by atoms with Gasteiger partial charge in [-0.3, -0.25) is 9.10 Å². The molecule has 1 aliphatic heterocycles. The summed E-state index contributed by atoms with van der Waals surface area (Å²) in [7, 11) is -3.76. The topological polar surface area (TPSA) is 96.7 Å². The van der Waals surface area contributed by atoms with Crippen LogP contribution in [0.3, 0.4) is 0 Å². The van der Waals surface area contributed by atoms with Crippen LogP contribution in [0.15, 0.2) is 86.9 Å². The van der Waals surface area contributed by atoms with E-state index < -0.39 is 21.6 Å². The maximum Gasteiger partial charge on any atom is 0.349 e. The zero-order chi connectivity index (χ0) is 23.9. The number of anilines is 2. The minimum absolute atomic E-state index is 0.124. The largest absolute Gasteiger partial charge is 0.422 e. The molecule has 0 saturated carbocycles. The Balaban J connectivity index is 1.48. The minimum Gasteiger partial charge on any atom is -0.422 e. The summed E-state index contributed by atoms with van der Waals surface area (Å²) in [5.74, 6) is -0.622. The Bertz CT molecular complexity index is 1570. The predicted octanol–water partition coefficient (Wildman–Crippen LogP) is 4.50. The van der Waals surface area contributed by atoms with Crippen molar-refractivity contribution in [3.05, 3.63) is 99.9 Å². The number of sulfonamides is 1. The Morgan fingerprint density at radius 3 is 2.56 bits per heavy atom. The highest BCUT2D eigenvalue weighted by molar-refractivity contribution is 7.92. The molecule has 0 saturated heterocycles. The number of amides is 1. The second-order valence-electron chi connectivity index (χ2n) is 8.28. The molecule has 5 rings (SSSR count). The van der Waals surface area contributed by atoms with E-state index in [9.17, 15) is 18.0 Å². The molecule has 0 fully saturated rings. The molecule has 1 aliphatic rings. The van der Waals surface area contributed by atoms with Crippen LogP contribution in [0.5, 0.6) is 0 Å². The molecule has 0 spiro atoms. The molecule has 0 aliphatic carbocycles. The summed E-state index contributed by atoms with van der Waals surface area (Å²) in [6, 6.07) is 20.3. The highest BCUT2D eigenvalue weighted by atomic mass is 32.2. The number of carbonyl (C=O) groups is 1. The number of hydrogen-bond donors (Lipinski definition) is 1. The maximum absolute atomic E-state index is 13.4. The van der Waals surface area contributed by atoms with Crippen molar-refractivity contribution in [2.45, 2.75) is 24.7 Å². The fourth-order valence-electron chi connectivity index (χ4n) is 4.12. The summed E-state index contributed by atoms with van der Waals surface area (Å²) in [6.45, 7) is 2.24. The molecule has 3 aromatic carbocycles. The zero-order valence-corrected chi connectivity index (χ0v) is 19.3. The highest BCUT2D eigenvalue weighted by Crippen LogP contribution is 2.34. The summed E-state index contributed by atoms with van der Waals surface area (Å²) >= 11 is 0. The van der Waals surface area contributed by atoms with Gasteiger partial charge in [-0.05, 0) is 61.7 Å². The molecular formula is C26H22N2O5S. The van der Waals surface area contributed by atoms with E-state index in [1.54, 1.807) is 60.7 Å². The Morgan fingerprint density at radius 2 is 1.76 bits per heavy atom. The van der Waals surface area contributed by atoms with Gasteiger partial charge >= 0.3 is 5.63 Å². The first-order chi connectivity index (χ1) is 16.3. The van der Waals surface area contributed by atoms with Gasteiger partial charge in [0.25, 0.3) is 15.9 Å². The van der Waals surface area contributed by atoms with E-state index >= 15 is 0 Å². The molecule has 1 N–H and O–H groups in total. The lowest BCUT2D eigenvalue weighted by Crippen LogP contribution is -2.35. The van der Waals surface area contributed by atoms with E-state index in [4.69, 9.17) is 4.42 Å². The highest BCUT2D eigenvalue weighted by Gasteiger charge is 2.29. The molecule has 7 nitrogen and oxygen atoms in total. The quantitative estimate of drug-likeness (QED) is 0.440. The third-order valence-electron chi connectivity index (χ3n) is 5.91. The van der Waals surface area contributed by atoms with E-state index in [0.29, 0.717) is 35.3 Å². The Labute approximate surface area is 196 Å². The Hall–Kier alpha value is -3.91. The molecule has 4 aromatic rings. The lowest BCUT2D eigenvalue weighted by atomic mass is 10.0. The van der Waals surface area contributed by atoms with Crippen LogP contribution < -0.4 is 15.2 Å². The zero-order valence-electron chi connectivity index (χ0n) is 18.4. The summed E-state index contributed by atoms with van der Waals surface area (Å²) in [4.78, 5) is 25.4. The second-order valence-corrected chi connectivity index (χ2v) is 10.1. The number of benzene rings is 3. The van der Waals surface area contributed by atoms with Gasteiger partial charge in [-0.25, -0.2) is 13.2 Å². The number of hydrogen-bond acceptors (Lipinski definition) is 5. The fraction of sp³-hybridized carbons (Fsp3) is 0.154. The van der Waals surface area contributed by atoms with Crippen molar-refractivity contribution in [2.24, 2.45) is 0 Å². The summed E-state index contributed by atoms with van der Waals surface area (Å²) in [5.41, 5.74) is 2.30. The molecule has 0 bridgehead atoms. The van der Waals surface area contributed by atoms with Crippen LogP contribution in [-0.2, 0) is 16.4 Å². The van der Waals surface area contributed by atoms with E-state index in [0.717, 1.165) is 17.5 Å². The molecule has 2 heterocycles. The van der Waals surface area contributed by atoms with Crippen molar-refractivity contribution in [1.29, 1.82) is 0 Å². The summed E-state index contributed by atoms with van der Waals surface area (Å²) in [5, 5.41) is 3.35. The molecule has 0 atom stereocenters. The van der Waals surface area contributed by atoms with Gasteiger partial charge in [0.05, 0.1) is 10.6 Å². The summed E-state index contributed by atoms with van der Waals surface area (Å²) in [6.07, 6.45) is 1.43. The van der Waals surface area contributed by atoms with Gasteiger partial charge in [0.15, 0.2) is 0 Å². The van der Waals surface area contributed by atoms with E-state index in [1.165, 1.54) is 10.4 Å². The third kappa shape index (κ3) is 3.97. The standard InChI is InChI=1S/C26H22N2O5S/c1-17-8-12-21(13-9-17)34(31,32)28-14-4-6-18-10-11-20(16-23(18)28)27-25(29)22-15-19-5-2-3-7-24(19)33-26(22)30/h2-3,5,7-13,15-16H,4,6,14H2,1H3,(H,27,29). The van der Waals surface area contributed by atoms with Crippen LogP contribution in [0, 0.1) is 6.92 Å². The molecular weight excluding hydrogens is 452 g/mol. The maximum atomic E-state index is 13.4. The van der Waals surface area contributed by atoms with Gasteiger partial charge in [-0.15, -0.1) is 0 Å². The van der Waals surface area contributed by atoms with Gasteiger partial charge in [0, 0.05) is 17.6 Å². The Kier molecular flexibility index (Phi) is 5.45. The monoisotopic (exact) mass is 474 g/mol. The van der Waals surface area contributed by atoms with E-state index in [2.05, 4.69) is 5.32 Å². The van der Waals surface area contributed by atoms with Crippen LogP contribution in [-0.4, -0.2) is 20.9 Å². The molecule has 1 aromatic heterocycles. The van der Waals surface area contributed by atoms with Crippen molar-refractivity contribution in [3.8, 4) is 0 Å². The van der Waals surface area contributed by atoms with Gasteiger partial charge in [0.2, 0.25) is 0 Å². The lowest BCUT2D eigenvalue weighted by Gasteiger charge is -2.31. The van der Waals surface area contributed by atoms with Crippen LogP contribution >= 0.6 is 0 Å². The van der Waals surface area contributed by atoms with Crippen LogP contribution in [0.25, 0.3) is 11.0 Å². The first-order valence-corrected chi connectivity index (χ1v) is 12.3. The average Bonchev–Trinajstić information content (AvgIpc) is 2.83. The van der Waals surface area contributed by atoms with Gasteiger partial charge in [-0.2, -0.15) is 0 Å². The van der Waals surface area contributed by atoms with Crippen LogP contribution in [0.1, 0.15) is 27.9 Å². The average molecular weight is 475 g/mol. The fourth-order valence-corrected chi connectivity index (χ4v) is 5.66.